The Hall–Kier alpha value is -1.63. The van der Waals surface area contributed by atoms with E-state index in [0.717, 1.165) is 52.5 Å². The molecule has 1 aromatic carbocycles. The molecule has 0 bridgehead atoms. The molecule has 24 heavy (non-hydrogen) atoms. The third-order valence-electron chi connectivity index (χ3n) is 4.53. The summed E-state index contributed by atoms with van der Waals surface area (Å²) in [6.07, 6.45) is 2.96. The number of hydrogen-bond acceptors (Lipinski definition) is 5. The highest BCUT2D eigenvalue weighted by Gasteiger charge is 2.31. The highest BCUT2D eigenvalue weighted by Crippen LogP contribution is 2.30. The van der Waals surface area contributed by atoms with Gasteiger partial charge in [-0.3, -0.25) is 0 Å². The van der Waals surface area contributed by atoms with Crippen LogP contribution < -0.4 is 4.90 Å². The first-order chi connectivity index (χ1) is 11.6. The second-order valence-corrected chi connectivity index (χ2v) is 7.69. The van der Waals surface area contributed by atoms with Crippen LogP contribution in [-0.4, -0.2) is 39.9 Å². The van der Waals surface area contributed by atoms with E-state index < -0.39 is 0 Å². The van der Waals surface area contributed by atoms with Gasteiger partial charge in [-0.05, 0) is 25.5 Å². The predicted octanol–water partition coefficient (Wildman–Crippen LogP) is 4.12. The zero-order valence-electron chi connectivity index (χ0n) is 13.7. The number of morpholine rings is 1. The maximum atomic E-state index is 5.95. The lowest BCUT2D eigenvalue weighted by atomic mass is 10.0. The number of aromatic nitrogens is 3. The number of imidazole rings is 1. The molecule has 5 nitrogen and oxygen atoms in total. The highest BCUT2D eigenvalue weighted by atomic mass is 35.5. The second-order valence-electron chi connectivity index (χ2n) is 6.32. The molecule has 2 aromatic heterocycles. The maximum absolute atomic E-state index is 5.95. The Balaban J connectivity index is 1.61. The Morgan fingerprint density at radius 2 is 2.12 bits per heavy atom. The monoisotopic (exact) mass is 362 g/mol. The molecule has 3 aromatic rings. The summed E-state index contributed by atoms with van der Waals surface area (Å²) >= 11 is 7.57. The molecule has 0 spiro atoms. The van der Waals surface area contributed by atoms with Gasteiger partial charge in [0.05, 0.1) is 24.1 Å². The average molecular weight is 363 g/mol. The van der Waals surface area contributed by atoms with Crippen LogP contribution in [0.3, 0.4) is 0 Å². The number of ether oxygens (including phenoxy) is 1. The van der Waals surface area contributed by atoms with Gasteiger partial charge in [0.15, 0.2) is 0 Å². The second kappa shape index (κ2) is 6.02. The van der Waals surface area contributed by atoms with Crippen molar-refractivity contribution in [3.8, 4) is 11.3 Å². The summed E-state index contributed by atoms with van der Waals surface area (Å²) in [5, 5.41) is 6.45. The fraction of sp³-hybridized carbons (Fsp3) is 0.412. The summed E-state index contributed by atoms with van der Waals surface area (Å²) in [6.45, 7) is 6.80. The van der Waals surface area contributed by atoms with Gasteiger partial charge in [-0.25, -0.2) is 9.50 Å². The molecular weight excluding hydrogens is 344 g/mol. The molecule has 126 valence electrons. The van der Waals surface area contributed by atoms with Gasteiger partial charge in [0.25, 0.3) is 0 Å². The molecule has 1 atom stereocenters. The van der Waals surface area contributed by atoms with Crippen molar-refractivity contribution in [3.05, 3.63) is 35.5 Å². The molecule has 7 heteroatoms. The quantitative estimate of drug-likeness (QED) is 0.703. The first-order valence-electron chi connectivity index (χ1n) is 8.07. The molecule has 1 fully saturated rings. The first kappa shape index (κ1) is 15.9. The summed E-state index contributed by atoms with van der Waals surface area (Å²) < 4.78 is 7.77. The minimum absolute atomic E-state index is 0.0967. The van der Waals surface area contributed by atoms with Crippen molar-refractivity contribution in [3.63, 3.8) is 0 Å². The Morgan fingerprint density at radius 1 is 1.33 bits per heavy atom. The van der Waals surface area contributed by atoms with Crippen molar-refractivity contribution in [1.82, 2.24) is 14.6 Å². The van der Waals surface area contributed by atoms with E-state index >= 15 is 0 Å². The molecule has 0 amide bonds. The summed E-state index contributed by atoms with van der Waals surface area (Å²) in [4.78, 5) is 7.90. The molecule has 0 aliphatic carbocycles. The van der Waals surface area contributed by atoms with Gasteiger partial charge in [-0.1, -0.05) is 42.0 Å². The molecular formula is C17H19ClN4OS. The lowest BCUT2D eigenvalue weighted by molar-refractivity contribution is -0.0441. The van der Waals surface area contributed by atoms with E-state index in [1.807, 2.05) is 35.0 Å². The van der Waals surface area contributed by atoms with Crippen molar-refractivity contribution in [1.29, 1.82) is 0 Å². The van der Waals surface area contributed by atoms with Gasteiger partial charge in [-0.15, -0.1) is 5.10 Å². The van der Waals surface area contributed by atoms with Gasteiger partial charge in [0.2, 0.25) is 10.1 Å². The zero-order chi connectivity index (χ0) is 16.7. The minimum Gasteiger partial charge on any atom is -0.372 e. The number of nitrogens with zero attached hydrogens (tertiary/aromatic N) is 4. The molecule has 0 radical (unpaired) electrons. The van der Waals surface area contributed by atoms with Crippen LogP contribution in [0.15, 0.2) is 30.5 Å². The number of anilines is 1. The van der Waals surface area contributed by atoms with Crippen LogP contribution in [0.1, 0.15) is 20.3 Å². The first-order valence-corrected chi connectivity index (χ1v) is 9.27. The van der Waals surface area contributed by atoms with E-state index in [4.69, 9.17) is 26.4 Å². The number of benzene rings is 1. The molecule has 0 saturated carbocycles. The number of hydrogen-bond donors (Lipinski definition) is 0. The highest BCUT2D eigenvalue weighted by molar-refractivity contribution is 7.20. The van der Waals surface area contributed by atoms with Gasteiger partial charge in [-0.2, -0.15) is 0 Å². The van der Waals surface area contributed by atoms with E-state index in [1.54, 1.807) is 11.3 Å². The van der Waals surface area contributed by atoms with E-state index in [9.17, 15) is 0 Å². The smallest absolute Gasteiger partial charge is 0.214 e. The van der Waals surface area contributed by atoms with Gasteiger partial charge >= 0.3 is 0 Å². The topological polar surface area (TPSA) is 42.7 Å². The standard InChI is InChI=1S/C17H19ClN4OS/c1-3-17(2)11-21(8-9-23-17)16-20-22-10-14(19-15(22)24-16)12-4-6-13(18)7-5-12/h4-7,10H,3,8-9,11H2,1-2H3. The molecule has 1 aliphatic heterocycles. The fourth-order valence-corrected chi connectivity index (χ4v) is 3.92. The fourth-order valence-electron chi connectivity index (χ4n) is 2.88. The Bertz CT molecular complexity index is 828. The van der Waals surface area contributed by atoms with Crippen LogP contribution in [0.25, 0.3) is 16.2 Å². The van der Waals surface area contributed by atoms with Crippen LogP contribution in [0.2, 0.25) is 5.02 Å². The lowest BCUT2D eigenvalue weighted by Crippen LogP contribution is -2.49. The third kappa shape index (κ3) is 2.90. The van der Waals surface area contributed by atoms with Gasteiger partial charge < -0.3 is 9.64 Å². The number of rotatable bonds is 3. The van der Waals surface area contributed by atoms with Crippen LogP contribution >= 0.6 is 22.9 Å². The van der Waals surface area contributed by atoms with Crippen LogP contribution in [0.4, 0.5) is 5.13 Å². The van der Waals surface area contributed by atoms with Crippen molar-refractivity contribution < 1.29 is 4.74 Å². The zero-order valence-corrected chi connectivity index (χ0v) is 15.3. The van der Waals surface area contributed by atoms with Crippen LogP contribution in [0.5, 0.6) is 0 Å². The predicted molar refractivity (Wildman–Crippen MR) is 98.2 cm³/mol. The van der Waals surface area contributed by atoms with Gasteiger partial charge in [0, 0.05) is 23.7 Å². The summed E-state index contributed by atoms with van der Waals surface area (Å²) in [6, 6.07) is 7.71. The van der Waals surface area contributed by atoms with Crippen molar-refractivity contribution in [2.75, 3.05) is 24.6 Å². The van der Waals surface area contributed by atoms with Crippen molar-refractivity contribution in [2.45, 2.75) is 25.9 Å². The molecule has 1 aliphatic rings. The van der Waals surface area contributed by atoms with Gasteiger partial charge in [0.1, 0.15) is 0 Å². The summed E-state index contributed by atoms with van der Waals surface area (Å²) in [5.74, 6) is 0. The molecule has 1 saturated heterocycles. The third-order valence-corrected chi connectivity index (χ3v) is 5.76. The minimum atomic E-state index is -0.0967. The number of fused-ring (bicyclic) bond motifs is 1. The molecule has 4 rings (SSSR count). The van der Waals surface area contributed by atoms with E-state index in [-0.39, 0.29) is 5.60 Å². The Labute approximate surface area is 149 Å². The lowest BCUT2D eigenvalue weighted by Gasteiger charge is -2.39. The molecule has 0 N–H and O–H groups in total. The molecule has 1 unspecified atom stereocenters. The summed E-state index contributed by atoms with van der Waals surface area (Å²) in [7, 11) is 0. The van der Waals surface area contributed by atoms with Crippen LogP contribution in [0, 0.1) is 0 Å². The van der Waals surface area contributed by atoms with Crippen LogP contribution in [-0.2, 0) is 4.74 Å². The molecule has 3 heterocycles. The van der Waals surface area contributed by atoms with E-state index in [0.29, 0.717) is 0 Å². The van der Waals surface area contributed by atoms with E-state index in [2.05, 4.69) is 18.7 Å². The Kier molecular flexibility index (Phi) is 3.98. The summed E-state index contributed by atoms with van der Waals surface area (Å²) in [5.41, 5.74) is 1.86. The average Bonchev–Trinajstić information content (AvgIpc) is 3.14. The number of halogens is 1. The van der Waals surface area contributed by atoms with Crippen molar-refractivity contribution in [2.24, 2.45) is 0 Å². The van der Waals surface area contributed by atoms with E-state index in [1.165, 1.54) is 0 Å². The Morgan fingerprint density at radius 3 is 2.83 bits per heavy atom. The SMILES string of the molecule is CCC1(C)CN(c2nn3cc(-c4ccc(Cl)cc4)nc3s2)CCO1. The normalized spacial score (nSPS) is 21.5. The van der Waals surface area contributed by atoms with Crippen molar-refractivity contribution >= 4 is 33.0 Å². The largest absolute Gasteiger partial charge is 0.372 e. The maximum Gasteiger partial charge on any atom is 0.214 e.